The van der Waals surface area contributed by atoms with Crippen LogP contribution in [0.3, 0.4) is 0 Å². The molecule has 2 rings (SSSR count). The number of hydrogen-bond acceptors (Lipinski definition) is 2. The van der Waals surface area contributed by atoms with E-state index in [1.165, 1.54) is 11.1 Å². The van der Waals surface area contributed by atoms with Gasteiger partial charge in [0.1, 0.15) is 0 Å². The van der Waals surface area contributed by atoms with Crippen LogP contribution < -0.4 is 5.32 Å². The van der Waals surface area contributed by atoms with Crippen molar-refractivity contribution < 1.29 is 0 Å². The van der Waals surface area contributed by atoms with Gasteiger partial charge in [0, 0.05) is 22.9 Å². The smallest absolute Gasteiger partial charge is 0.0270 e. The normalized spacial score (nSPS) is 12.3. The van der Waals surface area contributed by atoms with Gasteiger partial charge < -0.3 is 5.32 Å². The SMILES string of the molecule is CCNC(Cc1ccncc1)Cc1cccc(Br)c1. The molecule has 1 heterocycles. The molecule has 0 saturated heterocycles. The molecule has 0 radical (unpaired) electrons. The predicted octanol–water partition coefficient (Wildman–Crippen LogP) is 3.61. The maximum absolute atomic E-state index is 4.07. The standard InChI is InChI=1S/C16H19BrN2/c1-2-19-16(11-13-6-8-18-9-7-13)12-14-4-3-5-15(17)10-14/h3-10,16,19H,2,11-12H2,1H3. The van der Waals surface area contributed by atoms with Crippen LogP contribution in [-0.4, -0.2) is 17.6 Å². The Bertz CT molecular complexity index is 499. The third kappa shape index (κ3) is 4.77. The lowest BCUT2D eigenvalue weighted by Gasteiger charge is -2.18. The van der Waals surface area contributed by atoms with Gasteiger partial charge in [0.2, 0.25) is 0 Å². The zero-order valence-corrected chi connectivity index (χ0v) is 12.7. The van der Waals surface area contributed by atoms with Crippen molar-refractivity contribution in [2.75, 3.05) is 6.54 Å². The molecule has 0 aliphatic carbocycles. The molecule has 2 nitrogen and oxygen atoms in total. The van der Waals surface area contributed by atoms with Gasteiger partial charge in [-0.1, -0.05) is 35.0 Å². The van der Waals surface area contributed by atoms with Crippen LogP contribution in [0.1, 0.15) is 18.1 Å². The zero-order valence-electron chi connectivity index (χ0n) is 11.1. The topological polar surface area (TPSA) is 24.9 Å². The Kier molecular flexibility index (Phi) is 5.55. The average Bonchev–Trinajstić information content (AvgIpc) is 2.40. The molecule has 1 unspecified atom stereocenters. The number of nitrogens with one attached hydrogen (secondary N) is 1. The van der Waals surface area contributed by atoms with Crippen LogP contribution in [0.25, 0.3) is 0 Å². The lowest BCUT2D eigenvalue weighted by atomic mass is 9.99. The van der Waals surface area contributed by atoms with Crippen molar-refractivity contribution >= 4 is 15.9 Å². The zero-order chi connectivity index (χ0) is 13.5. The van der Waals surface area contributed by atoms with Crippen LogP contribution in [0.5, 0.6) is 0 Å². The van der Waals surface area contributed by atoms with Crippen molar-refractivity contribution in [2.45, 2.75) is 25.8 Å². The summed E-state index contributed by atoms with van der Waals surface area (Å²) in [5.74, 6) is 0. The molecule has 0 aliphatic rings. The molecule has 2 aromatic rings. The fraction of sp³-hybridized carbons (Fsp3) is 0.312. The van der Waals surface area contributed by atoms with E-state index in [1.54, 1.807) is 0 Å². The molecule has 3 heteroatoms. The van der Waals surface area contributed by atoms with Gasteiger partial charge in [-0.15, -0.1) is 0 Å². The molecule has 1 atom stereocenters. The van der Waals surface area contributed by atoms with E-state index < -0.39 is 0 Å². The molecular weight excluding hydrogens is 300 g/mol. The van der Waals surface area contributed by atoms with Crippen LogP contribution in [0.15, 0.2) is 53.3 Å². The van der Waals surface area contributed by atoms with Gasteiger partial charge in [0.25, 0.3) is 0 Å². The average molecular weight is 319 g/mol. The summed E-state index contributed by atoms with van der Waals surface area (Å²) in [6, 6.07) is 13.2. The number of aromatic nitrogens is 1. The highest BCUT2D eigenvalue weighted by Crippen LogP contribution is 2.14. The molecular formula is C16H19BrN2. The van der Waals surface area contributed by atoms with Gasteiger partial charge in [-0.2, -0.15) is 0 Å². The Hall–Kier alpha value is -1.19. The Balaban J connectivity index is 2.04. The number of likely N-dealkylation sites (N-methyl/N-ethyl adjacent to an activating group) is 1. The first-order valence-corrected chi connectivity index (χ1v) is 7.44. The summed E-state index contributed by atoms with van der Waals surface area (Å²) in [6.07, 6.45) is 5.79. The largest absolute Gasteiger partial charge is 0.314 e. The molecule has 1 aromatic carbocycles. The third-order valence-corrected chi connectivity index (χ3v) is 3.59. The second-order valence-corrected chi connectivity index (χ2v) is 5.56. The summed E-state index contributed by atoms with van der Waals surface area (Å²) in [7, 11) is 0. The van der Waals surface area contributed by atoms with Gasteiger partial charge in [0.15, 0.2) is 0 Å². The second kappa shape index (κ2) is 7.41. The van der Waals surface area contributed by atoms with E-state index in [4.69, 9.17) is 0 Å². The van der Waals surface area contributed by atoms with E-state index in [-0.39, 0.29) is 0 Å². The lowest BCUT2D eigenvalue weighted by Crippen LogP contribution is -2.33. The lowest BCUT2D eigenvalue weighted by molar-refractivity contribution is 0.521. The molecule has 1 aromatic heterocycles. The third-order valence-electron chi connectivity index (χ3n) is 3.10. The monoisotopic (exact) mass is 318 g/mol. The second-order valence-electron chi connectivity index (χ2n) is 4.65. The molecule has 0 bridgehead atoms. The van der Waals surface area contributed by atoms with Crippen molar-refractivity contribution in [2.24, 2.45) is 0 Å². The van der Waals surface area contributed by atoms with Gasteiger partial charge in [0.05, 0.1) is 0 Å². The molecule has 1 N–H and O–H groups in total. The van der Waals surface area contributed by atoms with Crippen molar-refractivity contribution in [1.29, 1.82) is 0 Å². The highest BCUT2D eigenvalue weighted by molar-refractivity contribution is 9.10. The summed E-state index contributed by atoms with van der Waals surface area (Å²) in [4.78, 5) is 4.07. The van der Waals surface area contributed by atoms with Crippen molar-refractivity contribution in [1.82, 2.24) is 10.3 Å². The Morgan fingerprint density at radius 1 is 1.11 bits per heavy atom. The van der Waals surface area contributed by atoms with E-state index in [1.807, 2.05) is 12.4 Å². The van der Waals surface area contributed by atoms with Crippen LogP contribution in [0, 0.1) is 0 Å². The maximum Gasteiger partial charge on any atom is 0.0270 e. The molecule has 0 saturated carbocycles. The van der Waals surface area contributed by atoms with E-state index in [0.717, 1.165) is 23.9 Å². The minimum Gasteiger partial charge on any atom is -0.314 e. The highest BCUT2D eigenvalue weighted by atomic mass is 79.9. The van der Waals surface area contributed by atoms with Crippen LogP contribution in [0.2, 0.25) is 0 Å². The van der Waals surface area contributed by atoms with Crippen LogP contribution in [-0.2, 0) is 12.8 Å². The van der Waals surface area contributed by atoms with Crippen molar-refractivity contribution in [3.63, 3.8) is 0 Å². The van der Waals surface area contributed by atoms with E-state index in [9.17, 15) is 0 Å². The fourth-order valence-electron chi connectivity index (χ4n) is 2.26. The molecule has 0 spiro atoms. The summed E-state index contributed by atoms with van der Waals surface area (Å²) >= 11 is 3.53. The van der Waals surface area contributed by atoms with Gasteiger partial charge in [-0.3, -0.25) is 4.98 Å². The van der Waals surface area contributed by atoms with Crippen molar-refractivity contribution in [3.05, 3.63) is 64.4 Å². The van der Waals surface area contributed by atoms with Gasteiger partial charge in [-0.05, 0) is 54.8 Å². The summed E-state index contributed by atoms with van der Waals surface area (Å²) in [5.41, 5.74) is 2.69. The van der Waals surface area contributed by atoms with Crippen LogP contribution in [0.4, 0.5) is 0 Å². The molecule has 0 amide bonds. The predicted molar refractivity (Wildman–Crippen MR) is 83.3 cm³/mol. The number of nitrogens with zero attached hydrogens (tertiary/aromatic N) is 1. The first kappa shape index (κ1) is 14.2. The summed E-state index contributed by atoms with van der Waals surface area (Å²) in [5, 5.41) is 3.56. The van der Waals surface area contributed by atoms with E-state index in [0.29, 0.717) is 6.04 Å². The van der Waals surface area contributed by atoms with Gasteiger partial charge in [-0.25, -0.2) is 0 Å². The molecule has 19 heavy (non-hydrogen) atoms. The Morgan fingerprint density at radius 3 is 2.53 bits per heavy atom. The summed E-state index contributed by atoms with van der Waals surface area (Å²) < 4.78 is 1.14. The highest BCUT2D eigenvalue weighted by Gasteiger charge is 2.09. The van der Waals surface area contributed by atoms with E-state index in [2.05, 4.69) is 69.6 Å². The molecule has 0 fully saturated rings. The molecule has 0 aliphatic heterocycles. The Morgan fingerprint density at radius 2 is 1.84 bits per heavy atom. The maximum atomic E-state index is 4.07. The number of rotatable bonds is 6. The van der Waals surface area contributed by atoms with E-state index >= 15 is 0 Å². The number of halogens is 1. The molecule has 100 valence electrons. The first-order chi connectivity index (χ1) is 9.28. The minimum absolute atomic E-state index is 0.460. The Labute approximate surface area is 123 Å². The minimum atomic E-state index is 0.460. The first-order valence-electron chi connectivity index (χ1n) is 6.64. The number of benzene rings is 1. The fourth-order valence-corrected chi connectivity index (χ4v) is 2.70. The summed E-state index contributed by atoms with van der Waals surface area (Å²) in [6.45, 7) is 3.14. The van der Waals surface area contributed by atoms with Gasteiger partial charge >= 0.3 is 0 Å². The number of pyridine rings is 1. The number of hydrogen-bond donors (Lipinski definition) is 1. The van der Waals surface area contributed by atoms with Crippen molar-refractivity contribution in [3.8, 4) is 0 Å². The quantitative estimate of drug-likeness (QED) is 0.880. The van der Waals surface area contributed by atoms with Crippen LogP contribution >= 0.6 is 15.9 Å².